The smallest absolute Gasteiger partial charge is 0.312 e. The molecule has 0 bridgehead atoms. The molecule has 0 amide bonds. The summed E-state index contributed by atoms with van der Waals surface area (Å²) in [5.74, 6) is -0.274. The van der Waals surface area contributed by atoms with Crippen molar-refractivity contribution in [1.82, 2.24) is 4.98 Å². The third-order valence-corrected chi connectivity index (χ3v) is 4.67. The number of benzene rings is 1. The quantitative estimate of drug-likeness (QED) is 0.616. The molecule has 1 aromatic carbocycles. The molecule has 1 aromatic heterocycles. The predicted molar refractivity (Wildman–Crippen MR) is 91.0 cm³/mol. The standard InChI is InChI=1S/C18H21NO3S/c1-10-6-11(2)18(13(4)20)12(3)16(10)8-22-17(21)7-15-9-23-14(5)19-15/h6,9H,7-8H2,1-5H3. The zero-order valence-electron chi connectivity index (χ0n) is 14.1. The lowest BCUT2D eigenvalue weighted by Crippen LogP contribution is -2.12. The number of hydrogen-bond acceptors (Lipinski definition) is 5. The van der Waals surface area contributed by atoms with Crippen LogP contribution in [0.3, 0.4) is 0 Å². The minimum atomic E-state index is -0.306. The van der Waals surface area contributed by atoms with Crippen LogP contribution < -0.4 is 0 Å². The first-order chi connectivity index (χ1) is 10.8. The van der Waals surface area contributed by atoms with Gasteiger partial charge >= 0.3 is 5.97 Å². The number of Topliss-reactive ketones (excluding diaryl/α,β-unsaturated/α-hetero) is 1. The highest BCUT2D eigenvalue weighted by Crippen LogP contribution is 2.23. The lowest BCUT2D eigenvalue weighted by Gasteiger charge is -2.16. The fraction of sp³-hybridized carbons (Fsp3) is 0.389. The zero-order valence-corrected chi connectivity index (χ0v) is 15.0. The van der Waals surface area contributed by atoms with E-state index >= 15 is 0 Å². The van der Waals surface area contributed by atoms with E-state index in [9.17, 15) is 9.59 Å². The van der Waals surface area contributed by atoms with Crippen LogP contribution in [0.1, 0.15) is 50.2 Å². The third-order valence-electron chi connectivity index (χ3n) is 3.85. The monoisotopic (exact) mass is 331 g/mol. The molecule has 0 saturated heterocycles. The number of aromatic nitrogens is 1. The van der Waals surface area contributed by atoms with E-state index < -0.39 is 0 Å². The molecule has 0 saturated carbocycles. The van der Waals surface area contributed by atoms with Crippen LogP contribution in [0.15, 0.2) is 11.4 Å². The third kappa shape index (κ3) is 4.05. The summed E-state index contributed by atoms with van der Waals surface area (Å²) in [6.45, 7) is 9.45. The van der Waals surface area contributed by atoms with Crippen molar-refractivity contribution < 1.29 is 14.3 Å². The van der Waals surface area contributed by atoms with Crippen LogP contribution in [0.2, 0.25) is 0 Å². The molecular formula is C18H21NO3S. The molecular weight excluding hydrogens is 310 g/mol. The molecule has 5 heteroatoms. The van der Waals surface area contributed by atoms with Crippen molar-refractivity contribution >= 4 is 23.1 Å². The Balaban J connectivity index is 2.12. The van der Waals surface area contributed by atoms with Gasteiger partial charge in [-0.3, -0.25) is 9.59 Å². The first-order valence-corrected chi connectivity index (χ1v) is 8.34. The number of ketones is 1. The van der Waals surface area contributed by atoms with Crippen molar-refractivity contribution in [2.24, 2.45) is 0 Å². The zero-order chi connectivity index (χ0) is 17.1. The van der Waals surface area contributed by atoms with E-state index in [-0.39, 0.29) is 24.8 Å². The van der Waals surface area contributed by atoms with Crippen LogP contribution in [0.5, 0.6) is 0 Å². The Morgan fingerprint density at radius 1 is 1.17 bits per heavy atom. The van der Waals surface area contributed by atoms with Crippen LogP contribution >= 0.6 is 11.3 Å². The molecule has 0 N–H and O–H groups in total. The summed E-state index contributed by atoms with van der Waals surface area (Å²) in [5, 5.41) is 2.80. The number of ether oxygens (including phenoxy) is 1. The summed E-state index contributed by atoms with van der Waals surface area (Å²) in [6.07, 6.45) is 0.174. The highest BCUT2D eigenvalue weighted by Gasteiger charge is 2.16. The van der Waals surface area contributed by atoms with Gasteiger partial charge in [-0.15, -0.1) is 11.3 Å². The predicted octanol–water partition coefficient (Wildman–Crippen LogP) is 3.87. The summed E-state index contributed by atoms with van der Waals surface area (Å²) < 4.78 is 5.39. The number of rotatable bonds is 5. The van der Waals surface area contributed by atoms with E-state index in [1.54, 1.807) is 6.92 Å². The molecule has 0 radical (unpaired) electrons. The summed E-state index contributed by atoms with van der Waals surface area (Å²) in [7, 11) is 0. The van der Waals surface area contributed by atoms with Crippen molar-refractivity contribution in [3.63, 3.8) is 0 Å². The van der Waals surface area contributed by atoms with E-state index in [2.05, 4.69) is 4.98 Å². The molecule has 0 aliphatic rings. The van der Waals surface area contributed by atoms with Crippen LogP contribution in [0, 0.1) is 27.7 Å². The molecule has 0 spiro atoms. The van der Waals surface area contributed by atoms with Gasteiger partial charge in [0.1, 0.15) is 6.61 Å². The molecule has 4 nitrogen and oxygen atoms in total. The van der Waals surface area contributed by atoms with Crippen LogP contribution in [-0.4, -0.2) is 16.7 Å². The van der Waals surface area contributed by atoms with E-state index in [1.807, 2.05) is 39.1 Å². The van der Waals surface area contributed by atoms with Gasteiger partial charge in [0.05, 0.1) is 17.1 Å². The Morgan fingerprint density at radius 3 is 2.43 bits per heavy atom. The fourth-order valence-corrected chi connectivity index (χ4v) is 3.44. The summed E-state index contributed by atoms with van der Waals surface area (Å²) >= 11 is 1.52. The van der Waals surface area contributed by atoms with Crippen LogP contribution in [0.4, 0.5) is 0 Å². The van der Waals surface area contributed by atoms with Gasteiger partial charge in [-0.25, -0.2) is 4.98 Å². The van der Waals surface area contributed by atoms with Crippen molar-refractivity contribution in [3.05, 3.63) is 50.0 Å². The first-order valence-electron chi connectivity index (χ1n) is 7.46. The van der Waals surface area contributed by atoms with Gasteiger partial charge in [-0.1, -0.05) is 6.07 Å². The molecule has 2 rings (SSSR count). The highest BCUT2D eigenvalue weighted by molar-refractivity contribution is 7.09. The van der Waals surface area contributed by atoms with E-state index in [4.69, 9.17) is 4.74 Å². The second kappa shape index (κ2) is 7.04. The largest absolute Gasteiger partial charge is 0.460 e. The van der Waals surface area contributed by atoms with Crippen LogP contribution in [-0.2, 0) is 22.6 Å². The fourth-order valence-electron chi connectivity index (χ4n) is 2.83. The highest BCUT2D eigenvalue weighted by atomic mass is 32.1. The van der Waals surface area contributed by atoms with E-state index in [0.717, 1.165) is 38.5 Å². The number of hydrogen-bond donors (Lipinski definition) is 0. The lowest BCUT2D eigenvalue weighted by atomic mass is 9.92. The van der Waals surface area contributed by atoms with Gasteiger partial charge in [0, 0.05) is 10.9 Å². The minimum Gasteiger partial charge on any atom is -0.460 e. The number of aryl methyl sites for hydroxylation is 3. The normalized spacial score (nSPS) is 10.7. The van der Waals surface area contributed by atoms with Crippen molar-refractivity contribution in [3.8, 4) is 0 Å². The average Bonchev–Trinajstić information content (AvgIpc) is 2.82. The summed E-state index contributed by atoms with van der Waals surface area (Å²) in [6, 6.07) is 1.97. The maximum Gasteiger partial charge on any atom is 0.312 e. The van der Waals surface area contributed by atoms with Gasteiger partial charge < -0.3 is 4.74 Å². The molecule has 23 heavy (non-hydrogen) atoms. The Bertz CT molecular complexity index is 762. The number of carbonyl (C=O) groups excluding carboxylic acids is 2. The maximum atomic E-state index is 12.0. The lowest BCUT2D eigenvalue weighted by molar-refractivity contribution is -0.144. The number of thiazole rings is 1. The molecule has 122 valence electrons. The number of esters is 1. The molecule has 0 aliphatic carbocycles. The second-order valence-electron chi connectivity index (χ2n) is 5.74. The van der Waals surface area contributed by atoms with E-state index in [0.29, 0.717) is 0 Å². The number of carbonyl (C=O) groups is 2. The van der Waals surface area contributed by atoms with Gasteiger partial charge in [-0.2, -0.15) is 0 Å². The van der Waals surface area contributed by atoms with Gasteiger partial charge in [0.25, 0.3) is 0 Å². The van der Waals surface area contributed by atoms with Crippen molar-refractivity contribution in [1.29, 1.82) is 0 Å². The van der Waals surface area contributed by atoms with Crippen molar-refractivity contribution in [2.75, 3.05) is 0 Å². The second-order valence-corrected chi connectivity index (χ2v) is 6.80. The topological polar surface area (TPSA) is 56.3 Å². The average molecular weight is 331 g/mol. The van der Waals surface area contributed by atoms with Crippen molar-refractivity contribution in [2.45, 2.75) is 47.6 Å². The van der Waals surface area contributed by atoms with Gasteiger partial charge in [0.2, 0.25) is 0 Å². The van der Waals surface area contributed by atoms with Crippen LogP contribution in [0.25, 0.3) is 0 Å². The van der Waals surface area contributed by atoms with Gasteiger partial charge in [0.15, 0.2) is 5.78 Å². The Hall–Kier alpha value is -2.01. The molecule has 2 aromatic rings. The molecule has 0 unspecified atom stereocenters. The molecule has 0 fully saturated rings. The SMILES string of the molecule is CC(=O)c1c(C)cc(C)c(COC(=O)Cc2csc(C)n2)c1C. The molecule has 0 atom stereocenters. The van der Waals surface area contributed by atoms with Gasteiger partial charge in [-0.05, 0) is 56.9 Å². The maximum absolute atomic E-state index is 12.0. The molecule has 1 heterocycles. The first kappa shape index (κ1) is 17.3. The van der Waals surface area contributed by atoms with E-state index in [1.165, 1.54) is 11.3 Å². The summed E-state index contributed by atoms with van der Waals surface area (Å²) in [5.41, 5.74) is 5.25. The number of nitrogens with zero attached hydrogens (tertiary/aromatic N) is 1. The Labute approximate surface area is 140 Å². The summed E-state index contributed by atoms with van der Waals surface area (Å²) in [4.78, 5) is 28.1. The Kier molecular flexibility index (Phi) is 5.31. The molecule has 0 aliphatic heterocycles. The minimum absolute atomic E-state index is 0.0329. The Morgan fingerprint density at radius 2 is 1.87 bits per heavy atom.